The summed E-state index contributed by atoms with van der Waals surface area (Å²) in [5.74, 6) is -1.11. The number of halogens is 1. The van der Waals surface area contributed by atoms with E-state index in [2.05, 4.69) is 11.9 Å². The van der Waals surface area contributed by atoms with Gasteiger partial charge in [0.15, 0.2) is 0 Å². The average Bonchev–Trinajstić information content (AvgIpc) is 2.50. The van der Waals surface area contributed by atoms with Crippen LogP contribution in [0.1, 0.15) is 18.5 Å². The van der Waals surface area contributed by atoms with Crippen LogP contribution in [0.15, 0.2) is 48.2 Å². The number of urea groups is 1. The Labute approximate surface area is 128 Å². The summed E-state index contributed by atoms with van der Waals surface area (Å²) in [6.07, 6.45) is 1.54. The highest BCUT2D eigenvalue weighted by Gasteiger charge is 2.36. The number of carbonyl (C=O) groups excluding carboxylic acids is 2. The predicted octanol–water partition coefficient (Wildman–Crippen LogP) is 2.53. The first-order chi connectivity index (χ1) is 10.5. The molecule has 116 valence electrons. The molecule has 22 heavy (non-hydrogen) atoms. The Kier molecular flexibility index (Phi) is 4.60. The first kappa shape index (κ1) is 15.8. The van der Waals surface area contributed by atoms with Crippen molar-refractivity contribution in [3.05, 3.63) is 59.6 Å². The van der Waals surface area contributed by atoms with E-state index in [9.17, 15) is 14.0 Å². The molecule has 1 aliphatic rings. The number of nitrogens with one attached hydrogen (secondary N) is 1. The molecule has 0 saturated heterocycles. The Morgan fingerprint density at radius 3 is 2.77 bits per heavy atom. The van der Waals surface area contributed by atoms with Gasteiger partial charge in [0.1, 0.15) is 5.82 Å². The SMILES string of the molecule is C=CCN1C(=O)N[C@@H](c2ccccc2F)C(C(=O)OC)=C1C. The van der Waals surface area contributed by atoms with Crippen LogP contribution < -0.4 is 5.32 Å². The van der Waals surface area contributed by atoms with Crippen molar-refractivity contribution < 1.29 is 18.7 Å². The van der Waals surface area contributed by atoms with Gasteiger partial charge < -0.3 is 10.1 Å². The van der Waals surface area contributed by atoms with Gasteiger partial charge in [0.25, 0.3) is 0 Å². The van der Waals surface area contributed by atoms with Gasteiger partial charge in [-0.2, -0.15) is 0 Å². The van der Waals surface area contributed by atoms with Gasteiger partial charge in [-0.3, -0.25) is 4.90 Å². The second-order valence-corrected chi connectivity index (χ2v) is 4.79. The Balaban J connectivity index is 2.58. The van der Waals surface area contributed by atoms with Crippen molar-refractivity contribution in [2.75, 3.05) is 13.7 Å². The number of methoxy groups -OCH3 is 1. The van der Waals surface area contributed by atoms with Crippen molar-refractivity contribution in [3.63, 3.8) is 0 Å². The second-order valence-electron chi connectivity index (χ2n) is 4.79. The van der Waals surface area contributed by atoms with E-state index >= 15 is 0 Å². The molecule has 2 amide bonds. The lowest BCUT2D eigenvalue weighted by atomic mass is 9.94. The molecule has 0 spiro atoms. The monoisotopic (exact) mass is 304 g/mol. The molecule has 0 fully saturated rings. The normalized spacial score (nSPS) is 18.0. The first-order valence-corrected chi connectivity index (χ1v) is 6.73. The smallest absolute Gasteiger partial charge is 0.337 e. The van der Waals surface area contributed by atoms with Crippen molar-refractivity contribution in [3.8, 4) is 0 Å². The number of benzene rings is 1. The maximum Gasteiger partial charge on any atom is 0.337 e. The highest BCUT2D eigenvalue weighted by molar-refractivity contribution is 5.95. The zero-order valence-corrected chi connectivity index (χ0v) is 12.4. The first-order valence-electron chi connectivity index (χ1n) is 6.73. The van der Waals surface area contributed by atoms with E-state index in [1.807, 2.05) is 0 Å². The van der Waals surface area contributed by atoms with E-state index in [4.69, 9.17) is 4.74 Å². The van der Waals surface area contributed by atoms with Crippen LogP contribution in [-0.4, -0.2) is 30.6 Å². The molecule has 0 radical (unpaired) electrons. The van der Waals surface area contributed by atoms with E-state index in [0.717, 1.165) is 0 Å². The number of nitrogens with zero attached hydrogens (tertiary/aromatic N) is 1. The summed E-state index contributed by atoms with van der Waals surface area (Å²) in [7, 11) is 1.25. The highest BCUT2D eigenvalue weighted by Crippen LogP contribution is 2.32. The number of hydrogen-bond acceptors (Lipinski definition) is 3. The number of amides is 2. The summed E-state index contributed by atoms with van der Waals surface area (Å²) in [6, 6.07) is 4.69. The van der Waals surface area contributed by atoms with Crippen molar-refractivity contribution >= 4 is 12.0 Å². The summed E-state index contributed by atoms with van der Waals surface area (Å²) < 4.78 is 18.8. The summed E-state index contributed by atoms with van der Waals surface area (Å²) in [5.41, 5.74) is 0.839. The Morgan fingerprint density at radius 1 is 1.50 bits per heavy atom. The third-order valence-electron chi connectivity index (χ3n) is 3.53. The molecule has 5 nitrogen and oxygen atoms in total. The lowest BCUT2D eigenvalue weighted by Crippen LogP contribution is -2.48. The van der Waals surface area contributed by atoms with Crippen molar-refractivity contribution in [1.29, 1.82) is 0 Å². The Bertz CT molecular complexity index is 655. The molecule has 0 saturated carbocycles. The molecule has 0 unspecified atom stereocenters. The van der Waals surface area contributed by atoms with Crippen LogP contribution in [0.3, 0.4) is 0 Å². The number of allylic oxidation sites excluding steroid dienone is 1. The van der Waals surface area contributed by atoms with E-state index in [1.54, 1.807) is 25.1 Å². The van der Waals surface area contributed by atoms with Gasteiger partial charge in [-0.1, -0.05) is 24.3 Å². The summed E-state index contributed by atoms with van der Waals surface area (Å²) in [6.45, 7) is 5.45. The standard InChI is InChI=1S/C16H17FN2O3/c1-4-9-19-10(2)13(15(20)22-3)14(18-16(19)21)11-7-5-6-8-12(11)17/h4-8,14H,1,9H2,2-3H3,(H,18,21)/t14-/m0/s1. The van der Waals surface area contributed by atoms with E-state index in [0.29, 0.717) is 5.70 Å². The Hall–Kier alpha value is -2.63. The quantitative estimate of drug-likeness (QED) is 0.687. The minimum Gasteiger partial charge on any atom is -0.466 e. The molecule has 0 bridgehead atoms. The number of rotatable bonds is 4. The van der Waals surface area contributed by atoms with Crippen LogP contribution in [0.25, 0.3) is 0 Å². The van der Waals surface area contributed by atoms with Crippen molar-refractivity contribution in [1.82, 2.24) is 10.2 Å². The summed E-state index contributed by atoms with van der Waals surface area (Å²) in [5, 5.41) is 2.64. The summed E-state index contributed by atoms with van der Waals surface area (Å²) >= 11 is 0. The van der Waals surface area contributed by atoms with Crippen molar-refractivity contribution in [2.45, 2.75) is 13.0 Å². The molecular weight excluding hydrogens is 287 g/mol. The fourth-order valence-corrected chi connectivity index (χ4v) is 2.45. The number of ether oxygens (including phenoxy) is 1. The van der Waals surface area contributed by atoms with E-state index in [1.165, 1.54) is 24.1 Å². The highest BCUT2D eigenvalue weighted by atomic mass is 19.1. The van der Waals surface area contributed by atoms with Gasteiger partial charge in [0, 0.05) is 17.8 Å². The van der Waals surface area contributed by atoms with E-state index in [-0.39, 0.29) is 17.7 Å². The third-order valence-corrected chi connectivity index (χ3v) is 3.53. The molecule has 0 aromatic heterocycles. The lowest BCUT2D eigenvalue weighted by Gasteiger charge is -2.34. The second kappa shape index (κ2) is 6.43. The minimum absolute atomic E-state index is 0.203. The van der Waals surface area contributed by atoms with Crippen LogP contribution in [0.2, 0.25) is 0 Å². The predicted molar refractivity (Wildman–Crippen MR) is 79.3 cm³/mol. The number of esters is 1. The van der Waals surface area contributed by atoms with Gasteiger partial charge in [-0.25, -0.2) is 14.0 Å². The maximum atomic E-state index is 14.1. The van der Waals surface area contributed by atoms with Crippen LogP contribution in [0.5, 0.6) is 0 Å². The molecule has 6 heteroatoms. The average molecular weight is 304 g/mol. The maximum absolute atomic E-state index is 14.1. The van der Waals surface area contributed by atoms with Gasteiger partial charge in [0.05, 0.1) is 18.7 Å². The molecular formula is C16H17FN2O3. The minimum atomic E-state index is -0.887. The van der Waals surface area contributed by atoms with Gasteiger partial charge in [-0.05, 0) is 13.0 Å². The zero-order chi connectivity index (χ0) is 16.3. The van der Waals surface area contributed by atoms with Crippen molar-refractivity contribution in [2.24, 2.45) is 0 Å². The summed E-state index contributed by atoms with van der Waals surface area (Å²) in [4.78, 5) is 25.7. The Morgan fingerprint density at radius 2 is 2.18 bits per heavy atom. The van der Waals surface area contributed by atoms with Gasteiger partial charge >= 0.3 is 12.0 Å². The number of carbonyl (C=O) groups is 2. The van der Waals surface area contributed by atoms with Gasteiger partial charge in [0.2, 0.25) is 0 Å². The molecule has 1 N–H and O–H groups in total. The molecule has 1 aromatic rings. The molecule has 1 aliphatic heterocycles. The topological polar surface area (TPSA) is 58.6 Å². The van der Waals surface area contributed by atoms with Crippen LogP contribution in [0, 0.1) is 5.82 Å². The molecule has 1 heterocycles. The molecule has 1 aromatic carbocycles. The molecule has 2 rings (SSSR count). The molecule has 1 atom stereocenters. The van der Waals surface area contributed by atoms with Crippen LogP contribution in [-0.2, 0) is 9.53 Å². The lowest BCUT2D eigenvalue weighted by molar-refractivity contribution is -0.136. The zero-order valence-electron chi connectivity index (χ0n) is 12.4. The fraction of sp³-hybridized carbons (Fsp3) is 0.250. The number of hydrogen-bond donors (Lipinski definition) is 1. The van der Waals surface area contributed by atoms with E-state index < -0.39 is 23.9 Å². The largest absolute Gasteiger partial charge is 0.466 e. The fourth-order valence-electron chi connectivity index (χ4n) is 2.45. The van der Waals surface area contributed by atoms with Crippen LogP contribution in [0.4, 0.5) is 9.18 Å². The van der Waals surface area contributed by atoms with Gasteiger partial charge in [-0.15, -0.1) is 6.58 Å². The molecule has 0 aliphatic carbocycles. The third kappa shape index (κ3) is 2.72. The van der Waals surface area contributed by atoms with Crippen LogP contribution >= 0.6 is 0 Å².